The van der Waals surface area contributed by atoms with Crippen molar-refractivity contribution >= 4 is 46.0 Å². The zero-order valence-corrected chi connectivity index (χ0v) is 15.2. The van der Waals surface area contributed by atoms with Gasteiger partial charge in [0.05, 0.1) is 12.2 Å². The van der Waals surface area contributed by atoms with E-state index in [9.17, 15) is 14.4 Å². The smallest absolute Gasteiger partial charge is 0.265 e. The summed E-state index contributed by atoms with van der Waals surface area (Å²) in [5.41, 5.74) is 1.44. The Morgan fingerprint density at radius 3 is 2.89 bits per heavy atom. The fourth-order valence-corrected chi connectivity index (χ4v) is 4.15. The highest BCUT2D eigenvalue weighted by Gasteiger charge is 2.28. The number of nitrogens with one attached hydrogen (secondary N) is 3. The average molecular weight is 384 g/mol. The predicted octanol–water partition coefficient (Wildman–Crippen LogP) is 1.75. The normalized spacial score (nSPS) is 15.5. The van der Waals surface area contributed by atoms with E-state index in [2.05, 4.69) is 25.8 Å². The first-order valence-corrected chi connectivity index (χ1v) is 9.26. The average Bonchev–Trinajstić information content (AvgIpc) is 3.22. The van der Waals surface area contributed by atoms with Crippen LogP contribution in [0, 0.1) is 0 Å². The molecule has 0 saturated carbocycles. The maximum Gasteiger partial charge on any atom is 0.265 e. The number of aromatic amines is 1. The highest BCUT2D eigenvalue weighted by atomic mass is 32.2. The van der Waals surface area contributed by atoms with Gasteiger partial charge >= 0.3 is 0 Å². The Morgan fingerprint density at radius 2 is 2.11 bits per heavy atom. The van der Waals surface area contributed by atoms with Crippen LogP contribution in [0.1, 0.15) is 19.4 Å². The van der Waals surface area contributed by atoms with Gasteiger partial charge in [-0.25, -0.2) is 4.98 Å². The van der Waals surface area contributed by atoms with Crippen LogP contribution >= 0.6 is 11.8 Å². The Morgan fingerprint density at radius 1 is 1.33 bits per heavy atom. The molecule has 9 nitrogen and oxygen atoms in total. The number of amides is 2. The number of aromatic nitrogens is 4. The summed E-state index contributed by atoms with van der Waals surface area (Å²) in [6, 6.07) is 6.62. The van der Waals surface area contributed by atoms with Crippen molar-refractivity contribution in [1.82, 2.24) is 19.7 Å². The lowest BCUT2D eigenvalue weighted by Gasteiger charge is -2.13. The van der Waals surface area contributed by atoms with Gasteiger partial charge in [-0.05, 0) is 18.2 Å². The van der Waals surface area contributed by atoms with Crippen molar-refractivity contribution < 1.29 is 9.59 Å². The lowest BCUT2D eigenvalue weighted by molar-refractivity contribution is -0.117. The van der Waals surface area contributed by atoms with Gasteiger partial charge in [0.1, 0.15) is 5.39 Å². The second-order valence-corrected chi connectivity index (χ2v) is 7.17. The predicted molar refractivity (Wildman–Crippen MR) is 102 cm³/mol. The number of thioether (sulfide) groups is 1. The van der Waals surface area contributed by atoms with Gasteiger partial charge in [0.15, 0.2) is 10.8 Å². The zero-order chi connectivity index (χ0) is 19.0. The third-order valence-corrected chi connectivity index (χ3v) is 5.24. The number of hydrogen-bond donors (Lipinski definition) is 3. The molecule has 0 spiro atoms. The van der Waals surface area contributed by atoms with Gasteiger partial charge in [0.2, 0.25) is 11.8 Å². The Hall–Kier alpha value is -3.14. The number of hydrogen-bond acceptors (Lipinski definition) is 6. The lowest BCUT2D eigenvalue weighted by Crippen LogP contribution is -2.27. The van der Waals surface area contributed by atoms with E-state index in [1.165, 1.54) is 24.9 Å². The Kier molecular flexibility index (Phi) is 4.40. The molecule has 1 atom stereocenters. The molecule has 27 heavy (non-hydrogen) atoms. The first-order valence-electron chi connectivity index (χ1n) is 8.27. The van der Waals surface area contributed by atoms with Crippen molar-refractivity contribution in [3.05, 3.63) is 40.8 Å². The molecular formula is C17H16N6O3S. The van der Waals surface area contributed by atoms with Crippen molar-refractivity contribution in [2.75, 3.05) is 16.4 Å². The van der Waals surface area contributed by atoms with Gasteiger partial charge in [-0.3, -0.25) is 24.0 Å². The number of rotatable bonds is 4. The van der Waals surface area contributed by atoms with Crippen LogP contribution in [0.15, 0.2) is 40.4 Å². The summed E-state index contributed by atoms with van der Waals surface area (Å²) in [5, 5.41) is 13.0. The van der Waals surface area contributed by atoms with Crippen molar-refractivity contribution in [2.24, 2.45) is 0 Å². The van der Waals surface area contributed by atoms with Crippen LogP contribution in [-0.4, -0.2) is 37.3 Å². The molecular weight excluding hydrogens is 368 g/mol. The van der Waals surface area contributed by atoms with E-state index in [-0.39, 0.29) is 29.8 Å². The molecule has 0 fully saturated rings. The van der Waals surface area contributed by atoms with Gasteiger partial charge in [0, 0.05) is 30.5 Å². The minimum Gasteiger partial charge on any atom is -0.326 e. The second-order valence-electron chi connectivity index (χ2n) is 6.18. The number of H-pyrrole nitrogens is 1. The van der Waals surface area contributed by atoms with Gasteiger partial charge < -0.3 is 10.6 Å². The molecule has 0 saturated heterocycles. The third-order valence-electron chi connectivity index (χ3n) is 4.14. The molecule has 1 aromatic carbocycles. The van der Waals surface area contributed by atoms with E-state index < -0.39 is 0 Å². The summed E-state index contributed by atoms with van der Waals surface area (Å²) in [6.07, 6.45) is 1.60. The molecule has 2 aromatic heterocycles. The van der Waals surface area contributed by atoms with E-state index >= 15 is 0 Å². The Labute approximate surface area is 157 Å². The molecule has 3 heterocycles. The van der Waals surface area contributed by atoms with Gasteiger partial charge in [0.25, 0.3) is 5.56 Å². The minimum absolute atomic E-state index is 0.148. The summed E-state index contributed by atoms with van der Waals surface area (Å²) < 4.78 is 1.57. The summed E-state index contributed by atoms with van der Waals surface area (Å²) in [5.74, 6) is 0.199. The molecule has 1 unspecified atom stereocenters. The number of nitrogens with zero attached hydrogens (tertiary/aromatic N) is 3. The molecule has 3 aromatic rings. The standard InChI is InChI=1S/C17H16N6O3S/c1-9(24)19-10-3-2-4-11(5-10)20-14(25)6-12-8-27-17-21-15-13(7-18-22-15)16(26)23(12)17/h2-5,7,12H,6,8H2,1H3,(H,18,22)(H,19,24)(H,20,25). The van der Waals surface area contributed by atoms with Crippen LogP contribution in [0.4, 0.5) is 11.4 Å². The van der Waals surface area contributed by atoms with E-state index in [1.54, 1.807) is 28.8 Å². The first kappa shape index (κ1) is 17.3. The van der Waals surface area contributed by atoms with E-state index in [4.69, 9.17) is 0 Å². The number of benzene rings is 1. The zero-order valence-electron chi connectivity index (χ0n) is 14.4. The van der Waals surface area contributed by atoms with Crippen molar-refractivity contribution in [3.63, 3.8) is 0 Å². The van der Waals surface area contributed by atoms with Crippen molar-refractivity contribution in [1.29, 1.82) is 0 Å². The van der Waals surface area contributed by atoms with Crippen LogP contribution < -0.4 is 16.2 Å². The number of carbonyl (C=O) groups is 2. The van der Waals surface area contributed by atoms with Crippen LogP contribution in [0.2, 0.25) is 0 Å². The van der Waals surface area contributed by atoms with Crippen molar-refractivity contribution in [3.8, 4) is 0 Å². The molecule has 1 aliphatic heterocycles. The molecule has 0 bridgehead atoms. The fourth-order valence-electron chi connectivity index (χ4n) is 3.01. The molecule has 0 radical (unpaired) electrons. The second kappa shape index (κ2) is 6.88. The lowest BCUT2D eigenvalue weighted by atomic mass is 10.2. The summed E-state index contributed by atoms with van der Waals surface area (Å²) in [6.45, 7) is 1.42. The molecule has 4 rings (SSSR count). The molecule has 10 heteroatoms. The van der Waals surface area contributed by atoms with Gasteiger partial charge in [-0.15, -0.1) is 0 Å². The molecule has 2 amide bonds. The highest BCUT2D eigenvalue weighted by molar-refractivity contribution is 7.99. The maximum absolute atomic E-state index is 12.7. The van der Waals surface area contributed by atoms with Crippen LogP contribution in [0.5, 0.6) is 0 Å². The fraction of sp³-hybridized carbons (Fsp3) is 0.235. The minimum atomic E-state index is -0.275. The summed E-state index contributed by atoms with van der Waals surface area (Å²) >= 11 is 1.44. The summed E-state index contributed by atoms with van der Waals surface area (Å²) in [7, 11) is 0. The molecule has 0 aliphatic carbocycles. The van der Waals surface area contributed by atoms with E-state index in [1.807, 2.05) is 0 Å². The molecule has 138 valence electrons. The van der Waals surface area contributed by atoms with Gasteiger partial charge in [-0.1, -0.05) is 17.8 Å². The maximum atomic E-state index is 12.7. The van der Waals surface area contributed by atoms with Crippen LogP contribution in [-0.2, 0) is 9.59 Å². The number of carbonyl (C=O) groups excluding carboxylic acids is 2. The number of fused-ring (bicyclic) bond motifs is 2. The third kappa shape index (κ3) is 3.43. The molecule has 3 N–H and O–H groups in total. The number of anilines is 2. The van der Waals surface area contributed by atoms with Crippen molar-refractivity contribution in [2.45, 2.75) is 24.5 Å². The van der Waals surface area contributed by atoms with E-state index in [0.717, 1.165) is 0 Å². The Balaban J connectivity index is 1.51. The SMILES string of the molecule is CC(=O)Nc1cccc(NC(=O)CC2CSc3nc4[nH]ncc4c(=O)n32)c1. The van der Waals surface area contributed by atoms with Crippen LogP contribution in [0.3, 0.4) is 0 Å². The largest absolute Gasteiger partial charge is 0.326 e. The quantitative estimate of drug-likeness (QED) is 0.589. The molecule has 1 aliphatic rings. The monoisotopic (exact) mass is 384 g/mol. The van der Waals surface area contributed by atoms with E-state index in [0.29, 0.717) is 33.3 Å². The highest BCUT2D eigenvalue weighted by Crippen LogP contribution is 2.33. The summed E-state index contributed by atoms with van der Waals surface area (Å²) in [4.78, 5) is 40.7. The topological polar surface area (TPSA) is 122 Å². The van der Waals surface area contributed by atoms with Crippen LogP contribution in [0.25, 0.3) is 11.0 Å². The van der Waals surface area contributed by atoms with Gasteiger partial charge in [-0.2, -0.15) is 5.10 Å². The Bertz CT molecular complexity index is 1110. The first-order chi connectivity index (χ1) is 13.0.